The molecule has 17 heavy (non-hydrogen) atoms. The van der Waals surface area contributed by atoms with Gasteiger partial charge in [0.15, 0.2) is 0 Å². The number of methoxy groups -OCH3 is 1. The highest BCUT2D eigenvalue weighted by Crippen LogP contribution is 1.87. The van der Waals surface area contributed by atoms with Crippen molar-refractivity contribution in [2.24, 2.45) is 0 Å². The van der Waals surface area contributed by atoms with Crippen LogP contribution < -0.4 is 0 Å². The van der Waals surface area contributed by atoms with Crippen LogP contribution in [0.1, 0.15) is 13.8 Å². The molecule has 100 valence electrons. The number of carboxylic acid groups (broad SMARTS) is 1. The number of carbonyl (C=O) groups is 2. The van der Waals surface area contributed by atoms with Crippen molar-refractivity contribution in [1.29, 1.82) is 0 Å². The molecule has 6 nitrogen and oxygen atoms in total. The molecule has 0 spiro atoms. The summed E-state index contributed by atoms with van der Waals surface area (Å²) in [5.74, 6) is -1.28. The molecule has 0 radical (unpaired) electrons. The van der Waals surface area contributed by atoms with E-state index in [4.69, 9.17) is 15.3 Å². The highest BCUT2D eigenvalue weighted by Gasteiger charge is 1.95. The number of esters is 1. The van der Waals surface area contributed by atoms with E-state index < -0.39 is 5.97 Å². The highest BCUT2D eigenvalue weighted by molar-refractivity contribution is 5.86. The third kappa shape index (κ3) is 25.0. The van der Waals surface area contributed by atoms with Gasteiger partial charge in [-0.2, -0.15) is 0 Å². The van der Waals surface area contributed by atoms with Crippen LogP contribution in [0.3, 0.4) is 0 Å². The maximum atomic E-state index is 10.2. The minimum absolute atomic E-state index is 0.125. The van der Waals surface area contributed by atoms with Gasteiger partial charge in [0, 0.05) is 11.1 Å². The first kappa shape index (κ1) is 20.7. The third-order valence-corrected chi connectivity index (χ3v) is 0.999. The summed E-state index contributed by atoms with van der Waals surface area (Å²) in [6.07, 6.45) is 0. The smallest absolute Gasteiger partial charge is 0.332 e. The number of ether oxygens (including phenoxy) is 1. The van der Waals surface area contributed by atoms with E-state index in [1.54, 1.807) is 6.92 Å². The summed E-state index contributed by atoms with van der Waals surface area (Å²) in [5, 5.41) is 23.1. The highest BCUT2D eigenvalue weighted by atomic mass is 16.5. The van der Waals surface area contributed by atoms with Gasteiger partial charge < -0.3 is 20.1 Å². The van der Waals surface area contributed by atoms with Crippen LogP contribution in [0, 0.1) is 0 Å². The van der Waals surface area contributed by atoms with Gasteiger partial charge in [-0.3, -0.25) is 0 Å². The molecule has 0 aliphatic carbocycles. The maximum Gasteiger partial charge on any atom is 0.332 e. The topological polar surface area (TPSA) is 104 Å². The van der Waals surface area contributed by atoms with Gasteiger partial charge in [-0.15, -0.1) is 0 Å². The zero-order valence-electron chi connectivity index (χ0n) is 10.4. The van der Waals surface area contributed by atoms with E-state index >= 15 is 0 Å². The Hall–Kier alpha value is -1.66. The molecule has 0 amide bonds. The van der Waals surface area contributed by atoms with E-state index in [0.717, 1.165) is 0 Å². The molecule has 0 saturated carbocycles. The zero-order valence-corrected chi connectivity index (χ0v) is 10.4. The molecule has 0 aliphatic heterocycles. The minimum Gasteiger partial charge on any atom is -0.478 e. The summed E-state index contributed by atoms with van der Waals surface area (Å²) in [7, 11) is 1.33. The van der Waals surface area contributed by atoms with Gasteiger partial charge in [-0.1, -0.05) is 13.2 Å². The minimum atomic E-state index is -0.935. The van der Waals surface area contributed by atoms with Crippen molar-refractivity contribution in [2.75, 3.05) is 20.3 Å². The van der Waals surface area contributed by atoms with Crippen molar-refractivity contribution in [3.63, 3.8) is 0 Å². The van der Waals surface area contributed by atoms with Gasteiger partial charge in [-0.25, -0.2) is 9.59 Å². The lowest BCUT2D eigenvalue weighted by molar-refractivity contribution is -0.136. The molecule has 6 heteroatoms. The molecule has 0 aromatic rings. The number of carbonyl (C=O) groups excluding carboxylic acids is 1. The Morgan fingerprint density at radius 1 is 1.06 bits per heavy atom. The van der Waals surface area contributed by atoms with Crippen LogP contribution in [-0.4, -0.2) is 47.6 Å². The molecular formula is C11H20O6. The van der Waals surface area contributed by atoms with Crippen LogP contribution in [-0.2, 0) is 14.3 Å². The Morgan fingerprint density at radius 2 is 1.35 bits per heavy atom. The van der Waals surface area contributed by atoms with Gasteiger partial charge in [0.2, 0.25) is 0 Å². The summed E-state index contributed by atoms with van der Waals surface area (Å²) >= 11 is 0. The molecular weight excluding hydrogens is 228 g/mol. The van der Waals surface area contributed by atoms with Crippen LogP contribution in [0.2, 0.25) is 0 Å². The van der Waals surface area contributed by atoms with Gasteiger partial charge >= 0.3 is 11.9 Å². The number of aliphatic hydroxyl groups excluding tert-OH is 2. The Kier molecular flexibility index (Phi) is 17.5. The molecule has 0 fully saturated rings. The predicted molar refractivity (Wildman–Crippen MR) is 63.5 cm³/mol. The number of rotatable bonds is 3. The molecule has 0 rings (SSSR count). The molecule has 0 atom stereocenters. The van der Waals surface area contributed by atoms with Crippen LogP contribution in [0.5, 0.6) is 0 Å². The molecule has 0 aliphatic rings. The van der Waals surface area contributed by atoms with Crippen molar-refractivity contribution in [1.82, 2.24) is 0 Å². The standard InChI is InChI=1S/C5H8O2.C4H6O2.C2H6O2/c1-4(2)5(6)7-3;1-3(2)4(5)6;3-1-2-4/h1H2,2-3H3;1H2,2H3,(H,5,6);3-4H,1-2H2. The fourth-order valence-electron chi connectivity index (χ4n) is 0.174. The van der Waals surface area contributed by atoms with E-state index in [1.807, 2.05) is 0 Å². The van der Waals surface area contributed by atoms with Crippen molar-refractivity contribution >= 4 is 11.9 Å². The molecule has 0 bridgehead atoms. The first-order chi connectivity index (χ1) is 7.74. The Morgan fingerprint density at radius 3 is 1.35 bits per heavy atom. The van der Waals surface area contributed by atoms with Crippen LogP contribution >= 0.6 is 0 Å². The van der Waals surface area contributed by atoms with Crippen molar-refractivity contribution in [3.05, 3.63) is 24.3 Å². The zero-order chi connectivity index (χ0) is 14.4. The van der Waals surface area contributed by atoms with Gasteiger partial charge in [-0.05, 0) is 13.8 Å². The lowest BCUT2D eigenvalue weighted by Gasteiger charge is -1.91. The lowest BCUT2D eigenvalue weighted by atomic mass is 10.4. The largest absolute Gasteiger partial charge is 0.478 e. The maximum absolute atomic E-state index is 10.2. The van der Waals surface area contributed by atoms with Gasteiger partial charge in [0.1, 0.15) is 0 Å². The molecule has 3 N–H and O–H groups in total. The summed E-state index contributed by atoms with van der Waals surface area (Å²) in [4.78, 5) is 19.8. The Labute approximate surface area is 101 Å². The average molecular weight is 248 g/mol. The number of aliphatic carboxylic acids is 1. The summed E-state index contributed by atoms with van der Waals surface area (Å²) in [5.41, 5.74) is 0.609. The predicted octanol–water partition coefficient (Wildman–Crippen LogP) is 0.354. The van der Waals surface area contributed by atoms with Crippen LogP contribution in [0.25, 0.3) is 0 Å². The number of carboxylic acids is 1. The molecule has 0 saturated heterocycles. The molecule has 0 unspecified atom stereocenters. The van der Waals surface area contributed by atoms with Crippen LogP contribution in [0.15, 0.2) is 24.3 Å². The summed E-state index contributed by atoms with van der Waals surface area (Å²) in [6, 6.07) is 0. The monoisotopic (exact) mass is 248 g/mol. The van der Waals surface area contributed by atoms with E-state index in [-0.39, 0.29) is 24.8 Å². The van der Waals surface area contributed by atoms with Crippen molar-refractivity contribution in [2.45, 2.75) is 13.8 Å². The Bertz CT molecular complexity index is 243. The molecule has 0 heterocycles. The molecule has 0 aromatic carbocycles. The van der Waals surface area contributed by atoms with E-state index in [2.05, 4.69) is 17.9 Å². The number of hydrogen-bond acceptors (Lipinski definition) is 5. The second-order valence-electron chi connectivity index (χ2n) is 2.80. The Balaban J connectivity index is -0.000000180. The normalized spacial score (nSPS) is 7.59. The second kappa shape index (κ2) is 14.3. The second-order valence-corrected chi connectivity index (χ2v) is 2.80. The number of aliphatic hydroxyl groups is 2. The number of hydrogen-bond donors (Lipinski definition) is 3. The van der Waals surface area contributed by atoms with E-state index in [1.165, 1.54) is 14.0 Å². The lowest BCUT2D eigenvalue weighted by Crippen LogP contribution is -1.98. The first-order valence-corrected chi connectivity index (χ1v) is 4.58. The van der Waals surface area contributed by atoms with Gasteiger partial charge in [0.25, 0.3) is 0 Å². The van der Waals surface area contributed by atoms with Crippen LogP contribution in [0.4, 0.5) is 0 Å². The fraction of sp³-hybridized carbons (Fsp3) is 0.455. The van der Waals surface area contributed by atoms with E-state index in [9.17, 15) is 9.59 Å². The van der Waals surface area contributed by atoms with Gasteiger partial charge in [0.05, 0.1) is 20.3 Å². The van der Waals surface area contributed by atoms with Crippen molar-refractivity contribution in [3.8, 4) is 0 Å². The fourth-order valence-corrected chi connectivity index (χ4v) is 0.174. The average Bonchev–Trinajstić information content (AvgIpc) is 2.28. The summed E-state index contributed by atoms with van der Waals surface area (Å²) < 4.78 is 4.27. The third-order valence-electron chi connectivity index (χ3n) is 0.999. The summed E-state index contributed by atoms with van der Waals surface area (Å²) in [6.45, 7) is 9.31. The van der Waals surface area contributed by atoms with E-state index in [0.29, 0.717) is 5.57 Å². The van der Waals surface area contributed by atoms with Crippen molar-refractivity contribution < 1.29 is 29.6 Å². The quantitative estimate of drug-likeness (QED) is 0.492. The SMILES string of the molecule is C=C(C)C(=O)O.C=C(C)C(=O)OC.OCCO. The first-order valence-electron chi connectivity index (χ1n) is 4.58. The molecule has 0 aromatic heterocycles.